The van der Waals surface area contributed by atoms with Crippen LogP contribution in [0.5, 0.6) is 0 Å². The number of alkyl halides is 1. The van der Waals surface area contributed by atoms with E-state index in [1.807, 2.05) is 19.1 Å². The van der Waals surface area contributed by atoms with E-state index in [2.05, 4.69) is 20.4 Å². The molecule has 0 aromatic rings. The highest BCUT2D eigenvalue weighted by molar-refractivity contribution is 5.34. The third-order valence-corrected chi connectivity index (χ3v) is 2.22. The number of hydrogen-bond acceptors (Lipinski definition) is 0. The smallest absolute Gasteiger partial charge is 0.130 e. The topological polar surface area (TPSA) is 0 Å². The van der Waals surface area contributed by atoms with Crippen molar-refractivity contribution in [3.05, 3.63) is 36.0 Å². The van der Waals surface area contributed by atoms with E-state index in [9.17, 15) is 4.39 Å². The van der Waals surface area contributed by atoms with Gasteiger partial charge in [-0.3, -0.25) is 0 Å². The molecule has 0 heterocycles. The summed E-state index contributed by atoms with van der Waals surface area (Å²) >= 11 is 0. The molecule has 0 aromatic carbocycles. The second kappa shape index (κ2) is 5.14. The average Bonchev–Trinajstić information content (AvgIpc) is 2.03. The summed E-state index contributed by atoms with van der Waals surface area (Å²) < 4.78 is 13.7. The fourth-order valence-corrected chi connectivity index (χ4v) is 1.24. The molecule has 0 unspecified atom stereocenters. The Morgan fingerprint density at radius 1 is 1.36 bits per heavy atom. The van der Waals surface area contributed by atoms with Gasteiger partial charge in [0.15, 0.2) is 0 Å². The molecule has 0 bridgehead atoms. The molecule has 0 aromatic heterocycles. The molecule has 0 radical (unpaired) electrons. The van der Waals surface area contributed by atoms with Gasteiger partial charge in [-0.05, 0) is 37.8 Å². The first kappa shape index (κ1) is 13.2. The normalized spacial score (nSPS) is 14.8. The Labute approximate surface area is 87.2 Å². The molecule has 0 aliphatic rings. The Bertz CT molecular complexity index is 249. The molecule has 0 aliphatic heterocycles. The number of halogens is 1. The summed E-state index contributed by atoms with van der Waals surface area (Å²) in [6, 6.07) is 0. The summed E-state index contributed by atoms with van der Waals surface area (Å²) in [5.74, 6) is 0.379. The van der Waals surface area contributed by atoms with E-state index >= 15 is 0 Å². The molecule has 80 valence electrons. The SMILES string of the molecule is C=C/C(=C\C(=C/C)C(C)(C)F)C(C)C. The quantitative estimate of drug-likeness (QED) is 0.583. The molecular formula is C13H21F. The first-order chi connectivity index (χ1) is 6.32. The second-order valence-corrected chi connectivity index (χ2v) is 4.22. The van der Waals surface area contributed by atoms with Crippen LogP contribution >= 0.6 is 0 Å². The van der Waals surface area contributed by atoms with Gasteiger partial charge in [-0.25, -0.2) is 4.39 Å². The molecule has 0 rings (SSSR count). The van der Waals surface area contributed by atoms with Gasteiger partial charge in [0.25, 0.3) is 0 Å². The maximum Gasteiger partial charge on any atom is 0.130 e. The van der Waals surface area contributed by atoms with Gasteiger partial charge in [0.1, 0.15) is 5.67 Å². The molecule has 0 atom stereocenters. The van der Waals surface area contributed by atoms with Crippen LogP contribution in [0.4, 0.5) is 4.39 Å². The zero-order valence-corrected chi connectivity index (χ0v) is 9.89. The highest BCUT2D eigenvalue weighted by Gasteiger charge is 2.19. The highest BCUT2D eigenvalue weighted by atomic mass is 19.1. The summed E-state index contributed by atoms with van der Waals surface area (Å²) in [6.45, 7) is 12.9. The van der Waals surface area contributed by atoms with Gasteiger partial charge < -0.3 is 0 Å². The minimum Gasteiger partial charge on any atom is -0.239 e. The number of hydrogen-bond donors (Lipinski definition) is 0. The van der Waals surface area contributed by atoms with Crippen LogP contribution in [-0.4, -0.2) is 5.67 Å². The lowest BCUT2D eigenvalue weighted by Crippen LogP contribution is -2.14. The van der Waals surface area contributed by atoms with E-state index in [1.54, 1.807) is 19.9 Å². The van der Waals surface area contributed by atoms with Crippen molar-refractivity contribution < 1.29 is 4.39 Å². The van der Waals surface area contributed by atoms with E-state index in [0.717, 1.165) is 5.57 Å². The molecule has 0 saturated carbocycles. The standard InChI is InChI=1S/C13H21F/c1-7-11(10(3)4)9-12(8-2)13(5,6)14/h7-10H,1H2,2-6H3/b11-9+,12-8+. The molecule has 0 fully saturated rings. The minimum absolute atomic E-state index is 0.379. The summed E-state index contributed by atoms with van der Waals surface area (Å²) in [5.41, 5.74) is 0.502. The number of allylic oxidation sites excluding steroid dienone is 5. The number of rotatable bonds is 4. The maximum atomic E-state index is 13.7. The molecule has 0 amide bonds. The molecule has 0 aliphatic carbocycles. The van der Waals surface area contributed by atoms with Gasteiger partial charge in [-0.2, -0.15) is 0 Å². The zero-order valence-electron chi connectivity index (χ0n) is 9.89. The zero-order chi connectivity index (χ0) is 11.4. The van der Waals surface area contributed by atoms with Crippen LogP contribution < -0.4 is 0 Å². The van der Waals surface area contributed by atoms with Crippen molar-refractivity contribution in [3.63, 3.8) is 0 Å². The Kier molecular flexibility index (Phi) is 4.82. The Balaban J connectivity index is 5.02. The van der Waals surface area contributed by atoms with Crippen molar-refractivity contribution in [2.24, 2.45) is 5.92 Å². The van der Waals surface area contributed by atoms with E-state index in [-0.39, 0.29) is 0 Å². The monoisotopic (exact) mass is 196 g/mol. The van der Waals surface area contributed by atoms with Gasteiger partial charge >= 0.3 is 0 Å². The van der Waals surface area contributed by atoms with Gasteiger partial charge in [-0.1, -0.05) is 38.7 Å². The summed E-state index contributed by atoms with van der Waals surface area (Å²) in [7, 11) is 0. The molecule has 0 spiro atoms. The van der Waals surface area contributed by atoms with Crippen LogP contribution in [0.15, 0.2) is 36.0 Å². The third-order valence-electron chi connectivity index (χ3n) is 2.22. The highest BCUT2D eigenvalue weighted by Crippen LogP contribution is 2.24. The Morgan fingerprint density at radius 2 is 1.86 bits per heavy atom. The van der Waals surface area contributed by atoms with Crippen molar-refractivity contribution in [1.29, 1.82) is 0 Å². The lowest BCUT2D eigenvalue weighted by molar-refractivity contribution is 0.273. The first-order valence-corrected chi connectivity index (χ1v) is 5.02. The van der Waals surface area contributed by atoms with E-state index < -0.39 is 5.67 Å². The molecule has 0 saturated heterocycles. The lowest BCUT2D eigenvalue weighted by Gasteiger charge is -2.17. The van der Waals surface area contributed by atoms with Crippen molar-refractivity contribution in [1.82, 2.24) is 0 Å². The van der Waals surface area contributed by atoms with Crippen LogP contribution in [0.2, 0.25) is 0 Å². The van der Waals surface area contributed by atoms with Gasteiger partial charge in [0.2, 0.25) is 0 Å². The largest absolute Gasteiger partial charge is 0.239 e. The Hall–Kier alpha value is -0.850. The Morgan fingerprint density at radius 3 is 2.07 bits per heavy atom. The van der Waals surface area contributed by atoms with E-state index in [4.69, 9.17) is 0 Å². The summed E-state index contributed by atoms with van der Waals surface area (Å²) in [6.07, 6.45) is 5.49. The predicted molar refractivity (Wildman–Crippen MR) is 62.1 cm³/mol. The van der Waals surface area contributed by atoms with Gasteiger partial charge in [-0.15, -0.1) is 0 Å². The molecule has 1 heteroatoms. The average molecular weight is 196 g/mol. The fourth-order valence-electron chi connectivity index (χ4n) is 1.24. The van der Waals surface area contributed by atoms with E-state index in [1.165, 1.54) is 0 Å². The summed E-state index contributed by atoms with van der Waals surface area (Å²) in [5, 5.41) is 0. The van der Waals surface area contributed by atoms with Crippen LogP contribution in [0, 0.1) is 5.92 Å². The van der Waals surface area contributed by atoms with Crippen molar-refractivity contribution >= 4 is 0 Å². The van der Waals surface area contributed by atoms with Crippen molar-refractivity contribution in [2.75, 3.05) is 0 Å². The molecule has 0 nitrogen and oxygen atoms in total. The van der Waals surface area contributed by atoms with Crippen LogP contribution in [-0.2, 0) is 0 Å². The maximum absolute atomic E-state index is 13.7. The van der Waals surface area contributed by atoms with Gasteiger partial charge in [0.05, 0.1) is 0 Å². The van der Waals surface area contributed by atoms with Crippen molar-refractivity contribution in [3.8, 4) is 0 Å². The minimum atomic E-state index is -1.28. The van der Waals surface area contributed by atoms with Crippen molar-refractivity contribution in [2.45, 2.75) is 40.3 Å². The van der Waals surface area contributed by atoms with Crippen LogP contribution in [0.25, 0.3) is 0 Å². The van der Waals surface area contributed by atoms with E-state index in [0.29, 0.717) is 11.5 Å². The molecule has 0 N–H and O–H groups in total. The second-order valence-electron chi connectivity index (χ2n) is 4.22. The molecular weight excluding hydrogens is 175 g/mol. The van der Waals surface area contributed by atoms with Crippen LogP contribution in [0.3, 0.4) is 0 Å². The fraction of sp³-hybridized carbons (Fsp3) is 0.538. The molecule has 14 heavy (non-hydrogen) atoms. The first-order valence-electron chi connectivity index (χ1n) is 5.02. The predicted octanol–water partition coefficient (Wildman–Crippen LogP) is 4.45. The third kappa shape index (κ3) is 3.91. The van der Waals surface area contributed by atoms with Gasteiger partial charge in [0, 0.05) is 0 Å². The summed E-state index contributed by atoms with van der Waals surface area (Å²) in [4.78, 5) is 0. The van der Waals surface area contributed by atoms with Crippen LogP contribution in [0.1, 0.15) is 34.6 Å². The lowest BCUT2D eigenvalue weighted by atomic mass is 9.93.